The van der Waals surface area contributed by atoms with Gasteiger partial charge in [0, 0.05) is 29.4 Å². The van der Waals surface area contributed by atoms with Gasteiger partial charge >= 0.3 is 5.97 Å². The first-order chi connectivity index (χ1) is 12.9. The Balaban J connectivity index is 1.54. The highest BCUT2D eigenvalue weighted by Crippen LogP contribution is 2.23. The van der Waals surface area contributed by atoms with Crippen molar-refractivity contribution in [3.8, 4) is 0 Å². The molecule has 0 radical (unpaired) electrons. The fourth-order valence-corrected chi connectivity index (χ4v) is 2.88. The first-order valence-electron chi connectivity index (χ1n) is 8.26. The van der Waals surface area contributed by atoms with Gasteiger partial charge in [0.05, 0.1) is 5.56 Å². The number of nitrogens with zero attached hydrogens (tertiary/aromatic N) is 1. The zero-order valence-electron chi connectivity index (χ0n) is 14.2. The van der Waals surface area contributed by atoms with E-state index >= 15 is 0 Å². The number of hydrogen-bond donors (Lipinski definition) is 1. The third-order valence-corrected chi connectivity index (χ3v) is 4.25. The Kier molecular flexibility index (Phi) is 5.71. The zero-order valence-corrected chi connectivity index (χ0v) is 15.0. The fourth-order valence-electron chi connectivity index (χ4n) is 2.71. The third-order valence-electron chi connectivity index (χ3n) is 4.02. The predicted molar refractivity (Wildman–Crippen MR) is 98.4 cm³/mol. The zero-order chi connectivity index (χ0) is 19.4. The van der Waals surface area contributed by atoms with Crippen molar-refractivity contribution in [2.45, 2.75) is 12.8 Å². The van der Waals surface area contributed by atoms with E-state index in [0.29, 0.717) is 18.7 Å². The number of nitrogens with one attached hydrogen (secondary N) is 1. The number of anilines is 2. The van der Waals surface area contributed by atoms with Gasteiger partial charge in [0.25, 0.3) is 5.91 Å². The fraction of sp³-hybridized carbons (Fsp3) is 0.211. The minimum Gasteiger partial charge on any atom is -0.452 e. The minimum absolute atomic E-state index is 0.0759. The van der Waals surface area contributed by atoms with E-state index in [-0.39, 0.29) is 16.5 Å². The van der Waals surface area contributed by atoms with Crippen LogP contribution < -0.4 is 10.2 Å². The molecule has 0 aromatic heterocycles. The van der Waals surface area contributed by atoms with E-state index in [1.807, 2.05) is 0 Å². The molecule has 140 valence electrons. The normalized spacial score (nSPS) is 13.6. The van der Waals surface area contributed by atoms with Gasteiger partial charge in [-0.25, -0.2) is 9.18 Å². The molecule has 2 aromatic carbocycles. The van der Waals surface area contributed by atoms with Gasteiger partial charge in [-0.05, 0) is 48.9 Å². The monoisotopic (exact) mass is 390 g/mol. The first-order valence-corrected chi connectivity index (χ1v) is 8.64. The molecule has 0 aliphatic carbocycles. The number of rotatable bonds is 5. The molecule has 0 atom stereocenters. The van der Waals surface area contributed by atoms with E-state index in [2.05, 4.69) is 5.32 Å². The van der Waals surface area contributed by atoms with Gasteiger partial charge in [0.2, 0.25) is 5.91 Å². The third kappa shape index (κ3) is 4.62. The molecule has 0 unspecified atom stereocenters. The summed E-state index contributed by atoms with van der Waals surface area (Å²) in [7, 11) is 0. The highest BCUT2D eigenvalue weighted by molar-refractivity contribution is 6.30. The molecule has 3 rings (SSSR count). The topological polar surface area (TPSA) is 75.7 Å². The van der Waals surface area contributed by atoms with Gasteiger partial charge in [0.1, 0.15) is 5.82 Å². The van der Waals surface area contributed by atoms with Crippen LogP contribution in [0, 0.1) is 5.82 Å². The largest absolute Gasteiger partial charge is 0.452 e. The lowest BCUT2D eigenvalue weighted by Crippen LogP contribution is -2.24. The first kappa shape index (κ1) is 18.8. The number of amides is 2. The van der Waals surface area contributed by atoms with E-state index in [4.69, 9.17) is 16.3 Å². The lowest BCUT2D eigenvalue weighted by Gasteiger charge is -2.16. The lowest BCUT2D eigenvalue weighted by molar-refractivity contribution is -0.119. The van der Waals surface area contributed by atoms with Crippen molar-refractivity contribution in [2.24, 2.45) is 0 Å². The van der Waals surface area contributed by atoms with Crippen LogP contribution in [0.2, 0.25) is 5.02 Å². The Morgan fingerprint density at radius 1 is 1.19 bits per heavy atom. The second-order valence-electron chi connectivity index (χ2n) is 5.94. The van der Waals surface area contributed by atoms with Crippen molar-refractivity contribution in [1.29, 1.82) is 0 Å². The molecule has 1 fully saturated rings. The molecule has 0 spiro atoms. The number of hydrogen-bond acceptors (Lipinski definition) is 4. The van der Waals surface area contributed by atoms with Crippen molar-refractivity contribution < 1.29 is 23.5 Å². The molecule has 6 nitrogen and oxygen atoms in total. The van der Waals surface area contributed by atoms with Crippen molar-refractivity contribution in [3.05, 3.63) is 58.9 Å². The predicted octanol–water partition coefficient (Wildman–Crippen LogP) is 3.40. The summed E-state index contributed by atoms with van der Waals surface area (Å²) in [5.41, 5.74) is 0.911. The maximum Gasteiger partial charge on any atom is 0.341 e. The molecule has 8 heteroatoms. The SMILES string of the molecule is O=C(COC(=O)c1cc(Cl)ccc1F)Nc1ccc(N2CCCC2=O)cc1. The highest BCUT2D eigenvalue weighted by Gasteiger charge is 2.21. The Morgan fingerprint density at radius 2 is 1.93 bits per heavy atom. The highest BCUT2D eigenvalue weighted by atomic mass is 35.5. The summed E-state index contributed by atoms with van der Waals surface area (Å²) >= 11 is 5.72. The number of carbonyl (C=O) groups excluding carboxylic acids is 3. The number of halogens is 2. The molecule has 1 heterocycles. The second-order valence-corrected chi connectivity index (χ2v) is 6.38. The standard InChI is InChI=1S/C19H16ClFN2O4/c20-12-3-8-16(21)15(10-12)19(26)27-11-17(24)22-13-4-6-14(7-5-13)23-9-1-2-18(23)25/h3-8,10H,1-2,9,11H2,(H,22,24). The summed E-state index contributed by atoms with van der Waals surface area (Å²) in [5, 5.41) is 2.75. The van der Waals surface area contributed by atoms with Crippen molar-refractivity contribution in [1.82, 2.24) is 0 Å². The van der Waals surface area contributed by atoms with Crippen molar-refractivity contribution in [2.75, 3.05) is 23.4 Å². The molecular formula is C19H16ClFN2O4. The van der Waals surface area contributed by atoms with Gasteiger partial charge in [-0.3, -0.25) is 9.59 Å². The minimum atomic E-state index is -0.979. The summed E-state index contributed by atoms with van der Waals surface area (Å²) in [6.45, 7) is 0.109. The quantitative estimate of drug-likeness (QED) is 0.794. The summed E-state index contributed by atoms with van der Waals surface area (Å²) < 4.78 is 18.4. The lowest BCUT2D eigenvalue weighted by atomic mass is 10.2. The molecule has 0 bridgehead atoms. The van der Waals surface area contributed by atoms with Crippen molar-refractivity contribution in [3.63, 3.8) is 0 Å². The summed E-state index contributed by atoms with van der Waals surface area (Å²) in [4.78, 5) is 37.2. The van der Waals surface area contributed by atoms with E-state index < -0.39 is 24.3 Å². The van der Waals surface area contributed by atoms with Gasteiger partial charge in [0.15, 0.2) is 6.61 Å². The van der Waals surface area contributed by atoms with Gasteiger partial charge in [-0.15, -0.1) is 0 Å². The van der Waals surface area contributed by atoms with Crippen LogP contribution in [-0.2, 0) is 14.3 Å². The van der Waals surface area contributed by atoms with Gasteiger partial charge in [-0.1, -0.05) is 11.6 Å². The smallest absolute Gasteiger partial charge is 0.341 e. The Morgan fingerprint density at radius 3 is 2.59 bits per heavy atom. The van der Waals surface area contributed by atoms with E-state index in [1.165, 1.54) is 6.07 Å². The molecule has 2 aromatic rings. The average Bonchev–Trinajstić information content (AvgIpc) is 3.08. The number of benzene rings is 2. The van der Waals surface area contributed by atoms with Crippen LogP contribution in [0.3, 0.4) is 0 Å². The Bertz CT molecular complexity index is 886. The maximum absolute atomic E-state index is 13.6. The molecule has 1 aliphatic heterocycles. The van der Waals surface area contributed by atoms with E-state index in [9.17, 15) is 18.8 Å². The number of carbonyl (C=O) groups is 3. The number of ether oxygens (including phenoxy) is 1. The Labute approximate surface area is 159 Å². The van der Waals surface area contributed by atoms with Crippen LogP contribution in [0.1, 0.15) is 23.2 Å². The van der Waals surface area contributed by atoms with Crippen molar-refractivity contribution >= 4 is 40.8 Å². The van der Waals surface area contributed by atoms with E-state index in [1.54, 1.807) is 29.2 Å². The second kappa shape index (κ2) is 8.18. The van der Waals surface area contributed by atoms with Crippen LogP contribution in [-0.4, -0.2) is 30.9 Å². The molecule has 0 saturated carbocycles. The van der Waals surface area contributed by atoms with Crippen LogP contribution in [0.4, 0.5) is 15.8 Å². The van der Waals surface area contributed by atoms with Gasteiger partial charge in [-0.2, -0.15) is 0 Å². The van der Waals surface area contributed by atoms with E-state index in [0.717, 1.165) is 24.2 Å². The molecule has 1 saturated heterocycles. The molecular weight excluding hydrogens is 375 g/mol. The molecule has 1 aliphatic rings. The van der Waals surface area contributed by atoms with Crippen LogP contribution in [0.15, 0.2) is 42.5 Å². The van der Waals surface area contributed by atoms with Crippen LogP contribution in [0.5, 0.6) is 0 Å². The molecule has 1 N–H and O–H groups in total. The number of esters is 1. The molecule has 27 heavy (non-hydrogen) atoms. The van der Waals surface area contributed by atoms with Crippen LogP contribution >= 0.6 is 11.6 Å². The molecule has 2 amide bonds. The maximum atomic E-state index is 13.6. The average molecular weight is 391 g/mol. The summed E-state index contributed by atoms with van der Waals surface area (Å²) in [6, 6.07) is 10.2. The Hall–Kier alpha value is -2.93. The van der Waals surface area contributed by atoms with Crippen LogP contribution in [0.25, 0.3) is 0 Å². The summed E-state index contributed by atoms with van der Waals surface area (Å²) in [6.07, 6.45) is 1.37. The summed E-state index contributed by atoms with van der Waals surface area (Å²) in [5.74, 6) is -2.26. The van der Waals surface area contributed by atoms with Gasteiger partial charge < -0.3 is 15.0 Å².